The number of carbonyl (C=O) groups excluding carboxylic acids is 2. The van der Waals surface area contributed by atoms with Crippen molar-refractivity contribution >= 4 is 11.9 Å². The van der Waals surface area contributed by atoms with Crippen molar-refractivity contribution in [2.75, 3.05) is 0 Å². The van der Waals surface area contributed by atoms with Crippen LogP contribution in [-0.2, 0) is 73.8 Å². The van der Waals surface area contributed by atoms with Gasteiger partial charge in [0, 0.05) is 11.6 Å². The summed E-state index contributed by atoms with van der Waals surface area (Å²) in [7, 11) is 0. The molecular weight excluding hydrogens is 869 g/mol. The van der Waals surface area contributed by atoms with Crippen molar-refractivity contribution in [3.05, 3.63) is 224 Å². The van der Waals surface area contributed by atoms with Crippen LogP contribution in [0.25, 0.3) is 0 Å². The van der Waals surface area contributed by atoms with E-state index in [1.54, 1.807) is 86.8 Å². The molecule has 10 rings (SSSR count). The lowest BCUT2D eigenvalue weighted by molar-refractivity contribution is -0.130. The Hall–Kier alpha value is -6.26. The third-order valence-electron chi connectivity index (χ3n) is 13.7. The van der Waals surface area contributed by atoms with Gasteiger partial charge in [0.25, 0.3) is 0 Å². The van der Waals surface area contributed by atoms with Crippen LogP contribution in [0.4, 0.5) is 0 Å². The van der Waals surface area contributed by atoms with E-state index < -0.39 is 5.97 Å². The molecule has 6 aromatic carbocycles. The summed E-state index contributed by atoms with van der Waals surface area (Å²) in [5.41, 5.74) is 21.3. The first-order valence-electron chi connectivity index (χ1n) is 26.6. The number of benzene rings is 6. The molecule has 0 aliphatic heterocycles. The summed E-state index contributed by atoms with van der Waals surface area (Å²) < 4.78 is 9.85. The fourth-order valence-electron chi connectivity index (χ4n) is 8.65. The van der Waals surface area contributed by atoms with Gasteiger partial charge in [0.1, 0.15) is 11.5 Å². The molecule has 0 N–H and O–H groups in total. The average molecular weight is 951 g/mol. The quantitative estimate of drug-likeness (QED) is 0.0472. The van der Waals surface area contributed by atoms with Gasteiger partial charge in [0.05, 0.1) is 0 Å². The van der Waals surface area contributed by atoms with Gasteiger partial charge in [-0.15, -0.1) is 0 Å². The number of fused-ring (bicyclic) bond motifs is 4. The Morgan fingerprint density at radius 1 is 0.479 bits per heavy atom. The lowest BCUT2D eigenvalue weighted by atomic mass is 9.85. The molecule has 4 heteroatoms. The van der Waals surface area contributed by atoms with Gasteiger partial charge in [-0.05, 0) is 197 Å². The molecule has 0 heterocycles. The number of esters is 2. The Morgan fingerprint density at radius 2 is 0.915 bits per heavy atom. The molecular formula is C67H82O4. The molecule has 0 saturated carbocycles. The number of ether oxygens (including phenoxy) is 2. The molecule has 4 nitrogen and oxygen atoms in total. The van der Waals surface area contributed by atoms with Gasteiger partial charge in [-0.3, -0.25) is 0 Å². The molecule has 0 atom stereocenters. The van der Waals surface area contributed by atoms with E-state index in [0.29, 0.717) is 17.1 Å². The van der Waals surface area contributed by atoms with Crippen molar-refractivity contribution in [1.29, 1.82) is 0 Å². The van der Waals surface area contributed by atoms with Crippen molar-refractivity contribution in [2.45, 2.75) is 164 Å². The first-order chi connectivity index (χ1) is 34.3. The monoisotopic (exact) mass is 951 g/mol. The van der Waals surface area contributed by atoms with E-state index in [1.807, 2.05) is 38.1 Å². The third kappa shape index (κ3) is 19.1. The smallest absolute Gasteiger partial charge is 0.338 e. The number of unbranched alkanes of at least 4 members (excludes halogenated alkanes) is 6. The summed E-state index contributed by atoms with van der Waals surface area (Å²) in [4.78, 5) is 21.8. The molecule has 374 valence electrons. The predicted molar refractivity (Wildman–Crippen MR) is 299 cm³/mol. The normalized spacial score (nSPS) is 12.2. The minimum Gasteiger partial charge on any atom is -0.423 e. The number of rotatable bonds is 14. The zero-order valence-electron chi connectivity index (χ0n) is 44.4. The van der Waals surface area contributed by atoms with Crippen molar-refractivity contribution in [1.82, 2.24) is 0 Å². The lowest BCUT2D eigenvalue weighted by Crippen LogP contribution is -2.09. The highest BCUT2D eigenvalue weighted by Gasteiger charge is 2.15. The van der Waals surface area contributed by atoms with Crippen LogP contribution in [-0.4, -0.2) is 11.9 Å². The number of hydrogen-bond donors (Lipinski definition) is 0. The van der Waals surface area contributed by atoms with Gasteiger partial charge < -0.3 is 9.47 Å². The number of aryl methyl sites for hydroxylation is 13. The molecule has 4 aliphatic rings. The van der Waals surface area contributed by atoms with Crippen LogP contribution in [0.5, 0.6) is 11.5 Å². The highest BCUT2D eigenvalue weighted by Crippen LogP contribution is 2.27. The van der Waals surface area contributed by atoms with Crippen LogP contribution in [0.15, 0.2) is 146 Å². The SMILES string of the molecule is C=C(C)C(=O)Oc1ccc(C)cc1.C=CC(=O)Oc1ccc(C)cc1.CCCCCCCc1ccc2c(c1)CC2.CCCCCc1ccc2c(c1)CC2.Cc1ccc2c(c1)CC2.Cc1cccc2c1CC2. The second kappa shape index (κ2) is 29.8. The Morgan fingerprint density at radius 3 is 1.31 bits per heavy atom. The van der Waals surface area contributed by atoms with E-state index in [1.165, 1.54) is 127 Å². The van der Waals surface area contributed by atoms with Gasteiger partial charge in [0.15, 0.2) is 0 Å². The second-order valence-electron chi connectivity index (χ2n) is 19.7. The number of hydrogen-bond acceptors (Lipinski definition) is 4. The van der Waals surface area contributed by atoms with Crippen molar-refractivity contribution in [3.8, 4) is 11.5 Å². The Kier molecular flexibility index (Phi) is 23.4. The van der Waals surface area contributed by atoms with Crippen LogP contribution in [0.1, 0.15) is 150 Å². The predicted octanol–water partition coefficient (Wildman–Crippen LogP) is 16.6. The summed E-state index contributed by atoms with van der Waals surface area (Å²) in [6.07, 6.45) is 25.2. The summed E-state index contributed by atoms with van der Waals surface area (Å²) in [6, 6.07) is 42.0. The first-order valence-corrected chi connectivity index (χ1v) is 26.6. The average Bonchev–Trinajstić information content (AvgIpc) is 3.32. The Bertz CT molecular complexity index is 2620. The summed E-state index contributed by atoms with van der Waals surface area (Å²) >= 11 is 0. The van der Waals surface area contributed by atoms with E-state index >= 15 is 0 Å². The molecule has 0 radical (unpaired) electrons. The van der Waals surface area contributed by atoms with Crippen molar-refractivity contribution in [3.63, 3.8) is 0 Å². The Balaban J connectivity index is 0.000000160. The summed E-state index contributed by atoms with van der Waals surface area (Å²) in [6.45, 7) is 21.2. The van der Waals surface area contributed by atoms with E-state index in [2.05, 4.69) is 114 Å². The summed E-state index contributed by atoms with van der Waals surface area (Å²) in [5, 5.41) is 0. The zero-order valence-corrected chi connectivity index (χ0v) is 44.4. The topological polar surface area (TPSA) is 52.6 Å². The molecule has 0 bridgehead atoms. The van der Waals surface area contributed by atoms with E-state index in [9.17, 15) is 9.59 Å². The fourth-order valence-corrected chi connectivity index (χ4v) is 8.65. The minimum atomic E-state index is -0.432. The molecule has 0 fully saturated rings. The van der Waals surface area contributed by atoms with E-state index in [0.717, 1.165) is 17.2 Å². The van der Waals surface area contributed by atoms with Crippen molar-refractivity contribution in [2.24, 2.45) is 0 Å². The maximum Gasteiger partial charge on any atom is 0.338 e. The first kappa shape index (κ1) is 55.7. The van der Waals surface area contributed by atoms with E-state index in [-0.39, 0.29) is 5.97 Å². The van der Waals surface area contributed by atoms with Crippen molar-refractivity contribution < 1.29 is 19.1 Å². The van der Waals surface area contributed by atoms with Gasteiger partial charge in [0.2, 0.25) is 0 Å². The van der Waals surface area contributed by atoms with Gasteiger partial charge in [-0.25, -0.2) is 9.59 Å². The lowest BCUT2D eigenvalue weighted by Gasteiger charge is -2.20. The second-order valence-corrected chi connectivity index (χ2v) is 19.7. The summed E-state index contributed by atoms with van der Waals surface area (Å²) in [5.74, 6) is 0.284. The van der Waals surface area contributed by atoms with Gasteiger partial charge in [-0.1, -0.05) is 179 Å². The highest BCUT2D eigenvalue weighted by molar-refractivity contribution is 5.88. The van der Waals surface area contributed by atoms with E-state index in [4.69, 9.17) is 9.47 Å². The fraction of sp³-hybridized carbons (Fsp3) is 0.373. The van der Waals surface area contributed by atoms with Crippen LogP contribution < -0.4 is 9.47 Å². The van der Waals surface area contributed by atoms with Crippen LogP contribution >= 0.6 is 0 Å². The van der Waals surface area contributed by atoms with Crippen LogP contribution in [0.2, 0.25) is 0 Å². The largest absolute Gasteiger partial charge is 0.423 e. The molecule has 71 heavy (non-hydrogen) atoms. The molecule has 0 unspecified atom stereocenters. The maximum absolute atomic E-state index is 11.1. The highest BCUT2D eigenvalue weighted by atomic mass is 16.5. The number of carbonyl (C=O) groups is 2. The van der Waals surface area contributed by atoms with Crippen LogP contribution in [0.3, 0.4) is 0 Å². The molecule has 6 aromatic rings. The minimum absolute atomic E-state index is 0.385. The zero-order chi connectivity index (χ0) is 51.0. The van der Waals surface area contributed by atoms with Gasteiger partial charge >= 0.3 is 11.9 Å². The molecule has 0 amide bonds. The molecule has 0 saturated heterocycles. The standard InChI is InChI=1S/C15H22.C13H18.C11H12O2.C10H10O2.2C9H10/c1-2-3-4-5-6-7-13-8-9-14-10-11-15(14)12-13;1-2-3-4-5-11-6-7-12-8-9-13(12)10-11;1-8(2)11(12)13-10-6-4-9(3)5-7-10;1-3-10(11)12-9-6-4-8(2)5-7-9;1-7-2-3-8-4-5-9(8)6-7;1-7-3-2-4-8-5-6-9(7)8/h8-9,12H,2-7,10-11H2,1H3;6-7,10H,2-5,8-9H2,1H3;4-7H,1H2,2-3H3;3-7H,1H2,2H3;2-3,6H,4-5H2,1H3;2-4H,5-6H2,1H3. The maximum atomic E-state index is 11.1. The van der Waals surface area contributed by atoms with Crippen LogP contribution in [0, 0.1) is 27.7 Å². The Labute approximate surface area is 428 Å². The van der Waals surface area contributed by atoms with Gasteiger partial charge in [-0.2, -0.15) is 0 Å². The molecule has 4 aliphatic carbocycles. The molecule has 0 aromatic heterocycles. The third-order valence-corrected chi connectivity index (χ3v) is 13.7. The molecule has 0 spiro atoms.